The first-order chi connectivity index (χ1) is 23.3. The number of imidazole rings is 1. The smallest absolute Gasteiger partial charge is 0.416 e. The van der Waals surface area contributed by atoms with Crippen LogP contribution in [0.1, 0.15) is 28.7 Å². The molecule has 0 saturated carbocycles. The third-order valence-electron chi connectivity index (χ3n) is 8.35. The number of aromatic nitrogens is 2. The van der Waals surface area contributed by atoms with Crippen LogP contribution in [-0.2, 0) is 32.0 Å². The minimum absolute atomic E-state index is 0.109. The van der Waals surface area contributed by atoms with E-state index in [2.05, 4.69) is 14.8 Å². The highest BCUT2D eigenvalue weighted by molar-refractivity contribution is 5.49. The summed E-state index contributed by atoms with van der Waals surface area (Å²) in [5.41, 5.74) is -1.09. The molecule has 2 aliphatic heterocycles. The van der Waals surface area contributed by atoms with Crippen LogP contribution in [0.2, 0.25) is 0 Å². The van der Waals surface area contributed by atoms with Gasteiger partial charge in [-0.05, 0) is 59.0 Å². The molecule has 1 aromatic heterocycles. The molecule has 49 heavy (non-hydrogen) atoms. The van der Waals surface area contributed by atoms with Crippen LogP contribution in [0.3, 0.4) is 0 Å². The summed E-state index contributed by atoms with van der Waals surface area (Å²) in [6.07, 6.45) is -8.12. The Hall–Kier alpha value is -4.99. The molecule has 1 saturated heterocycles. The zero-order chi connectivity index (χ0) is 34.8. The lowest BCUT2D eigenvalue weighted by atomic mass is 10.0. The number of benzene rings is 3. The van der Waals surface area contributed by atoms with Gasteiger partial charge < -0.3 is 29.2 Å². The highest BCUT2D eigenvalue weighted by Gasteiger charge is 2.38. The number of ether oxygens (including phenoxy) is 3. The van der Waals surface area contributed by atoms with Crippen molar-refractivity contribution < 1.29 is 45.5 Å². The molecule has 1 fully saturated rings. The average molecular weight is 692 g/mol. The van der Waals surface area contributed by atoms with Crippen molar-refractivity contribution in [1.29, 1.82) is 0 Å². The molecule has 3 heterocycles. The van der Waals surface area contributed by atoms with E-state index in [1.807, 2.05) is 36.4 Å². The van der Waals surface area contributed by atoms with E-state index in [9.17, 15) is 36.5 Å². The van der Waals surface area contributed by atoms with Gasteiger partial charge in [0.1, 0.15) is 37.0 Å². The van der Waals surface area contributed by atoms with E-state index in [0.717, 1.165) is 43.5 Å². The fourth-order valence-corrected chi connectivity index (χ4v) is 5.70. The first kappa shape index (κ1) is 33.9. The van der Waals surface area contributed by atoms with E-state index in [1.165, 1.54) is 6.20 Å². The second-order valence-electron chi connectivity index (χ2n) is 11.7. The number of hydrogen-bond donors (Lipinski definition) is 0. The average Bonchev–Trinajstić information content (AvgIpc) is 3.51. The van der Waals surface area contributed by atoms with Crippen LogP contribution >= 0.6 is 0 Å². The van der Waals surface area contributed by atoms with Gasteiger partial charge in [0, 0.05) is 61.9 Å². The van der Waals surface area contributed by atoms with Crippen LogP contribution < -0.4 is 19.1 Å². The van der Waals surface area contributed by atoms with Crippen molar-refractivity contribution >= 4 is 11.5 Å². The summed E-state index contributed by atoms with van der Waals surface area (Å²) in [6.45, 7) is 4.17. The lowest BCUT2D eigenvalue weighted by Gasteiger charge is -2.36. The fourth-order valence-electron chi connectivity index (χ4n) is 5.70. The number of anilines is 1. The standard InChI is InChI=1S/C33H31F6N5O5/c34-32(35,36)24-4-3-23(29(17-24)33(37,38)39)20-47-26-7-1-22(2-8-26)18-41-13-15-42(16-14-41)25-5-9-27(10-6-25)48-21-28-11-12-43-19-30(44(45)46)40-31(43)49-28/h1-10,17,19,28H,11-16,18,20-21H2/t28-/m1/s1. The van der Waals surface area contributed by atoms with E-state index in [4.69, 9.17) is 14.2 Å². The molecule has 0 radical (unpaired) electrons. The van der Waals surface area contributed by atoms with Crippen molar-refractivity contribution in [2.45, 2.75) is 44.6 Å². The topological polar surface area (TPSA) is 95.1 Å². The van der Waals surface area contributed by atoms with Gasteiger partial charge in [0.15, 0.2) is 0 Å². The largest absolute Gasteiger partial charge is 0.490 e. The van der Waals surface area contributed by atoms with Crippen LogP contribution in [0.4, 0.5) is 37.8 Å². The van der Waals surface area contributed by atoms with Crippen molar-refractivity contribution in [3.8, 4) is 17.5 Å². The maximum Gasteiger partial charge on any atom is 0.416 e. The normalized spacial score (nSPS) is 16.9. The molecule has 10 nitrogen and oxygen atoms in total. The summed E-state index contributed by atoms with van der Waals surface area (Å²) in [4.78, 5) is 18.9. The van der Waals surface area contributed by atoms with Crippen molar-refractivity contribution in [3.63, 3.8) is 0 Å². The number of halogens is 6. The fraction of sp³-hybridized carbons (Fsp3) is 0.364. The summed E-state index contributed by atoms with van der Waals surface area (Å²) in [5, 5.41) is 11.0. The van der Waals surface area contributed by atoms with Crippen LogP contribution in [0.5, 0.6) is 17.5 Å². The van der Waals surface area contributed by atoms with E-state index in [0.29, 0.717) is 37.1 Å². The Morgan fingerprint density at radius 3 is 2.18 bits per heavy atom. The predicted octanol–water partition coefficient (Wildman–Crippen LogP) is 6.96. The zero-order valence-electron chi connectivity index (χ0n) is 25.9. The van der Waals surface area contributed by atoms with Gasteiger partial charge in [0.25, 0.3) is 0 Å². The van der Waals surface area contributed by atoms with Gasteiger partial charge in [-0.25, -0.2) is 0 Å². The van der Waals surface area contributed by atoms with Gasteiger partial charge >= 0.3 is 24.2 Å². The molecule has 0 bridgehead atoms. The van der Waals surface area contributed by atoms with Crippen molar-refractivity contribution in [2.75, 3.05) is 37.7 Å². The maximum absolute atomic E-state index is 13.4. The van der Waals surface area contributed by atoms with E-state index >= 15 is 0 Å². The first-order valence-electron chi connectivity index (χ1n) is 15.4. The molecule has 3 aromatic carbocycles. The summed E-state index contributed by atoms with van der Waals surface area (Å²) < 4.78 is 97.9. The van der Waals surface area contributed by atoms with Gasteiger partial charge in [-0.3, -0.25) is 9.47 Å². The predicted molar refractivity (Wildman–Crippen MR) is 165 cm³/mol. The van der Waals surface area contributed by atoms with Crippen molar-refractivity contribution in [2.24, 2.45) is 0 Å². The second kappa shape index (κ2) is 13.9. The minimum atomic E-state index is -4.96. The molecular weight excluding hydrogens is 660 g/mol. The number of alkyl halides is 6. The highest BCUT2D eigenvalue weighted by atomic mass is 19.4. The summed E-state index contributed by atoms with van der Waals surface area (Å²) in [7, 11) is 0. The third-order valence-corrected chi connectivity index (χ3v) is 8.35. The summed E-state index contributed by atoms with van der Waals surface area (Å²) in [5.74, 6) is 0.736. The molecule has 6 rings (SSSR count). The van der Waals surface area contributed by atoms with Crippen LogP contribution in [0, 0.1) is 10.1 Å². The molecule has 0 aliphatic carbocycles. The molecular formula is C33H31F6N5O5. The number of nitro groups is 1. The summed E-state index contributed by atoms with van der Waals surface area (Å²) >= 11 is 0. The summed E-state index contributed by atoms with van der Waals surface area (Å²) in [6, 6.07) is 16.4. The highest BCUT2D eigenvalue weighted by Crippen LogP contribution is 2.38. The van der Waals surface area contributed by atoms with E-state index < -0.39 is 35.0 Å². The molecule has 0 amide bonds. The monoisotopic (exact) mass is 691 g/mol. The van der Waals surface area contributed by atoms with E-state index in [-0.39, 0.29) is 36.2 Å². The molecule has 4 aromatic rings. The van der Waals surface area contributed by atoms with Crippen LogP contribution in [-0.4, -0.2) is 58.3 Å². The Balaban J connectivity index is 0.943. The number of hydrogen-bond acceptors (Lipinski definition) is 8. The SMILES string of the molecule is O=[N+]([O-])c1cn2c(n1)O[C@@H](COc1ccc(N3CCN(Cc4ccc(OCc5ccc(C(F)(F)F)cc5C(F)(F)F)cc4)CC3)cc1)CC2. The lowest BCUT2D eigenvalue weighted by molar-refractivity contribution is -0.389. The van der Waals surface area contributed by atoms with Crippen LogP contribution in [0.15, 0.2) is 72.9 Å². The second-order valence-corrected chi connectivity index (χ2v) is 11.7. The minimum Gasteiger partial charge on any atom is -0.490 e. The van der Waals surface area contributed by atoms with Crippen molar-refractivity contribution in [3.05, 3.63) is 105 Å². The number of fused-ring (bicyclic) bond motifs is 1. The molecule has 2 aliphatic rings. The Labute approximate surface area is 276 Å². The molecule has 16 heteroatoms. The zero-order valence-corrected chi connectivity index (χ0v) is 25.9. The van der Waals surface area contributed by atoms with Gasteiger partial charge in [0.2, 0.25) is 0 Å². The maximum atomic E-state index is 13.4. The quantitative estimate of drug-likeness (QED) is 0.100. The van der Waals surface area contributed by atoms with Gasteiger partial charge in [-0.1, -0.05) is 18.2 Å². The van der Waals surface area contributed by atoms with Crippen molar-refractivity contribution in [1.82, 2.24) is 14.5 Å². The molecule has 260 valence electrons. The lowest BCUT2D eigenvalue weighted by Crippen LogP contribution is -2.45. The van der Waals surface area contributed by atoms with Gasteiger partial charge in [-0.2, -0.15) is 26.3 Å². The number of rotatable bonds is 10. The Morgan fingerprint density at radius 2 is 1.53 bits per heavy atom. The molecule has 0 spiro atoms. The number of nitrogens with zero attached hydrogens (tertiary/aromatic N) is 5. The van der Waals surface area contributed by atoms with Gasteiger partial charge in [0.05, 0.1) is 11.1 Å². The van der Waals surface area contributed by atoms with Gasteiger partial charge in [-0.15, -0.1) is 0 Å². The number of piperazine rings is 1. The molecule has 0 N–H and O–H groups in total. The molecule has 0 unspecified atom stereocenters. The first-order valence-corrected chi connectivity index (χ1v) is 15.4. The Morgan fingerprint density at radius 1 is 0.857 bits per heavy atom. The Bertz CT molecular complexity index is 1750. The Kier molecular flexibility index (Phi) is 9.59. The van der Waals surface area contributed by atoms with Crippen LogP contribution in [0.25, 0.3) is 0 Å². The number of aryl methyl sites for hydroxylation is 1. The molecule has 1 atom stereocenters. The third kappa shape index (κ3) is 8.36. The van der Waals surface area contributed by atoms with E-state index in [1.54, 1.807) is 16.7 Å².